The van der Waals surface area contributed by atoms with Crippen LogP contribution in [0.3, 0.4) is 0 Å². The fourth-order valence-electron chi connectivity index (χ4n) is 6.76. The molecule has 5 rings (SSSR count). The minimum Gasteiger partial charge on any atom is -0.493 e. The van der Waals surface area contributed by atoms with Crippen molar-refractivity contribution in [1.29, 1.82) is 0 Å². The lowest BCUT2D eigenvalue weighted by molar-refractivity contribution is -0.128. The molecule has 2 saturated heterocycles. The molecule has 3 amide bonds. The van der Waals surface area contributed by atoms with Crippen LogP contribution in [0.4, 0.5) is 0 Å². The molecule has 1 unspecified atom stereocenters. The average molecular weight is 669 g/mol. The van der Waals surface area contributed by atoms with Crippen LogP contribution in [-0.4, -0.2) is 70.1 Å². The van der Waals surface area contributed by atoms with Gasteiger partial charge >= 0.3 is 0 Å². The summed E-state index contributed by atoms with van der Waals surface area (Å²) in [6.45, 7) is 2.08. The van der Waals surface area contributed by atoms with Gasteiger partial charge in [-0.25, -0.2) is 0 Å². The van der Waals surface area contributed by atoms with Gasteiger partial charge in [0.2, 0.25) is 17.6 Å². The minimum absolute atomic E-state index is 0.00508. The van der Waals surface area contributed by atoms with Gasteiger partial charge in [-0.3, -0.25) is 19.3 Å². The number of piperidine rings is 1. The highest BCUT2D eigenvalue weighted by Gasteiger charge is 2.47. The van der Waals surface area contributed by atoms with E-state index >= 15 is 0 Å². The van der Waals surface area contributed by atoms with Crippen LogP contribution in [0.25, 0.3) is 0 Å². The summed E-state index contributed by atoms with van der Waals surface area (Å²) in [6.07, 6.45) is 2.62. The first-order chi connectivity index (χ1) is 22.2. The Labute approximate surface area is 279 Å². The summed E-state index contributed by atoms with van der Waals surface area (Å²) in [6, 6.07) is 18.3. The monoisotopic (exact) mass is 667 g/mol. The Morgan fingerprint density at radius 3 is 2.17 bits per heavy atom. The highest BCUT2D eigenvalue weighted by Crippen LogP contribution is 2.43. The molecule has 2 fully saturated rings. The lowest BCUT2D eigenvalue weighted by atomic mass is 9.72. The van der Waals surface area contributed by atoms with Gasteiger partial charge in [-0.05, 0) is 74.2 Å². The molecule has 2 heterocycles. The SMILES string of the molecule is COc1cc(C(=O)N2CC(CCCNC(=O)C3(c4ccccc4)CCNCC3)(c3ccc(Cl)c(Cl)c3)CC2=O)cc(OC)c1OC. The predicted octanol–water partition coefficient (Wildman–Crippen LogP) is 5.55. The van der Waals surface area contributed by atoms with Crippen molar-refractivity contribution in [2.75, 3.05) is 47.5 Å². The molecule has 2 aliphatic rings. The van der Waals surface area contributed by atoms with Crippen molar-refractivity contribution in [2.45, 2.75) is 42.9 Å². The normalized spacial score (nSPS) is 19.1. The topological polar surface area (TPSA) is 106 Å². The summed E-state index contributed by atoms with van der Waals surface area (Å²) >= 11 is 12.7. The lowest BCUT2D eigenvalue weighted by Crippen LogP contribution is -2.51. The van der Waals surface area contributed by atoms with Gasteiger partial charge in [0.1, 0.15) is 0 Å². The van der Waals surface area contributed by atoms with E-state index in [4.69, 9.17) is 37.4 Å². The molecule has 2 N–H and O–H groups in total. The number of hydrogen-bond donors (Lipinski definition) is 2. The number of halogens is 2. The molecule has 0 radical (unpaired) electrons. The van der Waals surface area contributed by atoms with E-state index in [0.29, 0.717) is 59.5 Å². The number of imide groups is 1. The van der Waals surface area contributed by atoms with E-state index in [-0.39, 0.29) is 30.3 Å². The number of rotatable bonds is 11. The first-order valence-corrected chi connectivity index (χ1v) is 16.1. The van der Waals surface area contributed by atoms with Gasteiger partial charge in [-0.2, -0.15) is 0 Å². The summed E-state index contributed by atoms with van der Waals surface area (Å²) in [4.78, 5) is 42.4. The van der Waals surface area contributed by atoms with E-state index in [1.54, 1.807) is 12.1 Å². The maximum Gasteiger partial charge on any atom is 0.260 e. The summed E-state index contributed by atoms with van der Waals surface area (Å²) in [5.74, 6) is 0.183. The number of nitrogens with zero attached hydrogens (tertiary/aromatic N) is 1. The summed E-state index contributed by atoms with van der Waals surface area (Å²) in [7, 11) is 4.41. The van der Waals surface area contributed by atoms with Gasteiger partial charge in [0.15, 0.2) is 11.5 Å². The molecular weight excluding hydrogens is 629 g/mol. The molecule has 0 aliphatic carbocycles. The van der Waals surface area contributed by atoms with Crippen LogP contribution in [0.2, 0.25) is 10.0 Å². The van der Waals surface area contributed by atoms with E-state index in [2.05, 4.69) is 10.6 Å². The van der Waals surface area contributed by atoms with E-state index in [1.165, 1.54) is 38.4 Å². The Kier molecular flexibility index (Phi) is 10.5. The zero-order valence-electron chi connectivity index (χ0n) is 26.3. The number of hydrogen-bond acceptors (Lipinski definition) is 7. The van der Waals surface area contributed by atoms with Crippen molar-refractivity contribution in [3.63, 3.8) is 0 Å². The zero-order valence-corrected chi connectivity index (χ0v) is 27.8. The average Bonchev–Trinajstić information content (AvgIpc) is 3.44. The Morgan fingerprint density at radius 1 is 0.891 bits per heavy atom. The molecule has 3 aromatic carbocycles. The van der Waals surface area contributed by atoms with Crippen molar-refractivity contribution in [1.82, 2.24) is 15.5 Å². The number of carbonyl (C=O) groups is 3. The van der Waals surface area contributed by atoms with Gasteiger partial charge in [0, 0.05) is 30.5 Å². The number of amides is 3. The van der Waals surface area contributed by atoms with Gasteiger partial charge in [0.25, 0.3) is 5.91 Å². The Bertz CT molecular complexity index is 1570. The van der Waals surface area contributed by atoms with E-state index in [1.807, 2.05) is 36.4 Å². The zero-order chi connectivity index (χ0) is 32.9. The lowest BCUT2D eigenvalue weighted by Gasteiger charge is -2.37. The molecular formula is C35H39Cl2N3O6. The molecule has 0 bridgehead atoms. The first kappa shape index (κ1) is 33.6. The van der Waals surface area contributed by atoms with E-state index < -0.39 is 16.7 Å². The van der Waals surface area contributed by atoms with Crippen molar-refractivity contribution in [2.24, 2.45) is 0 Å². The standard InChI is InChI=1S/C35H39Cl2N3O6/c1-44-28-18-23(19-29(45-2)31(28)46-3)32(42)40-22-34(21-30(40)41,25-10-11-26(36)27(37)20-25)12-7-15-39-33(43)35(13-16-38-17-14-35)24-8-5-4-6-9-24/h4-6,8-11,18-20,38H,7,12-17,21-22H2,1-3H3,(H,39,43). The number of benzene rings is 3. The molecule has 1 atom stereocenters. The van der Waals surface area contributed by atoms with Crippen LogP contribution in [-0.2, 0) is 20.4 Å². The summed E-state index contributed by atoms with van der Waals surface area (Å²) in [5.41, 5.74) is 0.719. The fraction of sp³-hybridized carbons (Fsp3) is 0.400. The van der Waals surface area contributed by atoms with Crippen molar-refractivity contribution in [3.8, 4) is 17.2 Å². The van der Waals surface area contributed by atoms with Crippen molar-refractivity contribution >= 4 is 40.9 Å². The van der Waals surface area contributed by atoms with Crippen LogP contribution in [0.1, 0.15) is 53.6 Å². The van der Waals surface area contributed by atoms with E-state index in [0.717, 1.165) is 24.2 Å². The second-order valence-electron chi connectivity index (χ2n) is 11.8. The third kappa shape index (κ3) is 6.54. The molecule has 2 aliphatic heterocycles. The van der Waals surface area contributed by atoms with Gasteiger partial charge < -0.3 is 24.8 Å². The Balaban J connectivity index is 1.37. The minimum atomic E-state index is -0.738. The highest BCUT2D eigenvalue weighted by molar-refractivity contribution is 6.42. The summed E-state index contributed by atoms with van der Waals surface area (Å²) in [5, 5.41) is 7.32. The van der Waals surface area contributed by atoms with Gasteiger partial charge in [-0.1, -0.05) is 59.6 Å². The second kappa shape index (κ2) is 14.3. The van der Waals surface area contributed by atoms with E-state index in [9.17, 15) is 14.4 Å². The molecule has 3 aromatic rings. The summed E-state index contributed by atoms with van der Waals surface area (Å²) < 4.78 is 16.3. The number of methoxy groups -OCH3 is 3. The number of likely N-dealkylation sites (tertiary alicyclic amines) is 1. The van der Waals surface area contributed by atoms with Crippen LogP contribution in [0.15, 0.2) is 60.7 Å². The molecule has 0 aromatic heterocycles. The van der Waals surface area contributed by atoms with Crippen LogP contribution < -0.4 is 24.8 Å². The molecule has 0 spiro atoms. The highest BCUT2D eigenvalue weighted by atomic mass is 35.5. The first-order valence-electron chi connectivity index (χ1n) is 15.3. The second-order valence-corrected chi connectivity index (χ2v) is 12.7. The third-order valence-corrected chi connectivity index (χ3v) is 10.0. The number of ether oxygens (including phenoxy) is 3. The fourth-order valence-corrected chi connectivity index (χ4v) is 7.06. The smallest absolute Gasteiger partial charge is 0.260 e. The number of nitrogens with one attached hydrogen (secondary N) is 2. The molecule has 46 heavy (non-hydrogen) atoms. The molecule has 9 nitrogen and oxygen atoms in total. The number of carbonyl (C=O) groups excluding carboxylic acids is 3. The Morgan fingerprint density at radius 2 is 1.57 bits per heavy atom. The third-order valence-electron chi connectivity index (χ3n) is 9.28. The van der Waals surface area contributed by atoms with Crippen molar-refractivity contribution in [3.05, 3.63) is 87.4 Å². The maximum absolute atomic E-state index is 13.8. The molecule has 244 valence electrons. The maximum atomic E-state index is 13.8. The predicted molar refractivity (Wildman–Crippen MR) is 177 cm³/mol. The van der Waals surface area contributed by atoms with Crippen LogP contribution >= 0.6 is 23.2 Å². The largest absolute Gasteiger partial charge is 0.493 e. The molecule has 0 saturated carbocycles. The van der Waals surface area contributed by atoms with Gasteiger partial charge in [0.05, 0.1) is 36.8 Å². The molecule has 11 heteroatoms. The van der Waals surface area contributed by atoms with Gasteiger partial charge in [-0.15, -0.1) is 0 Å². The quantitative estimate of drug-likeness (QED) is 0.204. The van der Waals surface area contributed by atoms with Crippen LogP contribution in [0.5, 0.6) is 17.2 Å². The van der Waals surface area contributed by atoms with Crippen LogP contribution in [0, 0.1) is 0 Å². The van der Waals surface area contributed by atoms with Crippen molar-refractivity contribution < 1.29 is 28.6 Å². The Hall–Kier alpha value is -3.79.